The Bertz CT molecular complexity index is 483. The summed E-state index contributed by atoms with van der Waals surface area (Å²) >= 11 is 0. The number of ether oxygens (including phenoxy) is 1. The molecule has 1 fully saturated rings. The molecule has 0 bridgehead atoms. The number of hydrogen-bond acceptors (Lipinski definition) is 3. The van der Waals surface area contributed by atoms with Crippen LogP contribution in [0.1, 0.15) is 39.9 Å². The molecule has 0 spiro atoms. The van der Waals surface area contributed by atoms with Crippen LogP contribution in [0.2, 0.25) is 0 Å². The molecule has 2 rings (SSSR count). The average Bonchev–Trinajstić information content (AvgIpc) is 3.17. The minimum Gasteiger partial charge on any atom is -0.380 e. The molecule has 1 saturated carbocycles. The number of carbonyl (C=O) groups is 1. The topological polar surface area (TPSA) is 29.5 Å². The molecule has 1 aromatic rings. The maximum Gasteiger partial charge on any atom is 0.177 e. The lowest BCUT2D eigenvalue weighted by molar-refractivity contribution is 0.0860. The zero-order chi connectivity index (χ0) is 15.4. The van der Waals surface area contributed by atoms with Crippen LogP contribution in [0.3, 0.4) is 0 Å². The molecule has 1 aromatic carbocycles. The van der Waals surface area contributed by atoms with Gasteiger partial charge in [0.2, 0.25) is 0 Å². The van der Waals surface area contributed by atoms with Gasteiger partial charge in [-0.1, -0.05) is 17.7 Å². The quantitative estimate of drug-likeness (QED) is 0.544. The maximum absolute atomic E-state index is 12.5. The first kappa shape index (κ1) is 16.2. The Morgan fingerprint density at radius 1 is 1.24 bits per heavy atom. The Balaban J connectivity index is 1.82. The van der Waals surface area contributed by atoms with E-state index in [1.807, 2.05) is 25.8 Å². The number of rotatable bonds is 8. The molecule has 0 aromatic heterocycles. The Morgan fingerprint density at radius 3 is 2.43 bits per heavy atom. The third-order valence-corrected chi connectivity index (χ3v) is 4.04. The molecule has 1 aliphatic rings. The number of aryl methyl sites for hydroxylation is 3. The van der Waals surface area contributed by atoms with Crippen LogP contribution in [-0.2, 0) is 4.74 Å². The SMILES string of the molecule is Cc1cc(C)c(C(=O)CN(C)CCOCC2CC2)c(C)c1. The molecule has 3 heteroatoms. The van der Waals surface area contributed by atoms with Crippen molar-refractivity contribution < 1.29 is 9.53 Å². The zero-order valence-corrected chi connectivity index (χ0v) is 13.7. The van der Waals surface area contributed by atoms with Crippen LogP contribution in [-0.4, -0.2) is 44.0 Å². The first-order valence-electron chi connectivity index (χ1n) is 7.84. The van der Waals surface area contributed by atoms with Crippen molar-refractivity contribution in [2.45, 2.75) is 33.6 Å². The molecule has 0 N–H and O–H groups in total. The number of hydrogen-bond donors (Lipinski definition) is 0. The van der Waals surface area contributed by atoms with Crippen LogP contribution in [0.5, 0.6) is 0 Å². The second kappa shape index (κ2) is 7.19. The van der Waals surface area contributed by atoms with E-state index in [0.29, 0.717) is 13.2 Å². The number of carbonyl (C=O) groups excluding carboxylic acids is 1. The summed E-state index contributed by atoms with van der Waals surface area (Å²) in [6, 6.07) is 4.16. The van der Waals surface area contributed by atoms with Gasteiger partial charge >= 0.3 is 0 Å². The van der Waals surface area contributed by atoms with E-state index in [1.54, 1.807) is 0 Å². The average molecular weight is 289 g/mol. The predicted octanol–water partition coefficient (Wildman–Crippen LogP) is 3.15. The fraction of sp³-hybridized carbons (Fsp3) is 0.611. The second-order valence-electron chi connectivity index (χ2n) is 6.45. The first-order chi connectivity index (χ1) is 9.97. The predicted molar refractivity (Wildman–Crippen MR) is 86.0 cm³/mol. The number of ketones is 1. The van der Waals surface area contributed by atoms with Crippen LogP contribution >= 0.6 is 0 Å². The summed E-state index contributed by atoms with van der Waals surface area (Å²) in [6.45, 7) is 8.97. The van der Waals surface area contributed by atoms with Gasteiger partial charge in [0.25, 0.3) is 0 Å². The third-order valence-electron chi connectivity index (χ3n) is 4.04. The largest absolute Gasteiger partial charge is 0.380 e. The molecule has 0 amide bonds. The van der Waals surface area contributed by atoms with Crippen molar-refractivity contribution in [3.8, 4) is 0 Å². The fourth-order valence-corrected chi connectivity index (χ4v) is 2.78. The molecule has 0 aliphatic heterocycles. The smallest absolute Gasteiger partial charge is 0.177 e. The van der Waals surface area contributed by atoms with E-state index in [0.717, 1.165) is 35.8 Å². The standard InChI is InChI=1S/C18H27NO2/c1-13-9-14(2)18(15(3)10-13)17(20)11-19(4)7-8-21-12-16-5-6-16/h9-10,16H,5-8,11-12H2,1-4H3. The van der Waals surface area contributed by atoms with Gasteiger partial charge in [-0.05, 0) is 57.7 Å². The Morgan fingerprint density at radius 2 is 1.86 bits per heavy atom. The number of nitrogens with zero attached hydrogens (tertiary/aromatic N) is 1. The highest BCUT2D eigenvalue weighted by molar-refractivity contribution is 6.00. The van der Waals surface area contributed by atoms with E-state index in [9.17, 15) is 4.79 Å². The molecule has 21 heavy (non-hydrogen) atoms. The number of likely N-dealkylation sites (N-methyl/N-ethyl adjacent to an activating group) is 1. The summed E-state index contributed by atoms with van der Waals surface area (Å²) in [4.78, 5) is 14.5. The van der Waals surface area contributed by atoms with E-state index in [4.69, 9.17) is 4.74 Å². The first-order valence-corrected chi connectivity index (χ1v) is 7.84. The van der Waals surface area contributed by atoms with E-state index in [-0.39, 0.29) is 5.78 Å². The van der Waals surface area contributed by atoms with Crippen molar-refractivity contribution >= 4 is 5.78 Å². The van der Waals surface area contributed by atoms with Gasteiger partial charge in [0.15, 0.2) is 5.78 Å². The highest BCUT2D eigenvalue weighted by Gasteiger charge is 2.21. The Hall–Kier alpha value is -1.19. The molecule has 0 radical (unpaired) electrons. The Kier molecular flexibility index (Phi) is 5.54. The van der Waals surface area contributed by atoms with E-state index < -0.39 is 0 Å². The maximum atomic E-state index is 12.5. The van der Waals surface area contributed by atoms with Crippen molar-refractivity contribution in [2.75, 3.05) is 33.4 Å². The van der Waals surface area contributed by atoms with Gasteiger partial charge in [0.1, 0.15) is 0 Å². The highest BCUT2D eigenvalue weighted by atomic mass is 16.5. The molecule has 1 aliphatic carbocycles. The van der Waals surface area contributed by atoms with E-state index in [1.165, 1.54) is 18.4 Å². The van der Waals surface area contributed by atoms with Crippen LogP contribution in [0.25, 0.3) is 0 Å². The van der Waals surface area contributed by atoms with Gasteiger partial charge in [-0.3, -0.25) is 9.69 Å². The number of Topliss-reactive ketones (excluding diaryl/α,β-unsaturated/α-hetero) is 1. The van der Waals surface area contributed by atoms with Crippen molar-refractivity contribution in [3.63, 3.8) is 0 Å². The van der Waals surface area contributed by atoms with E-state index in [2.05, 4.69) is 19.1 Å². The number of benzene rings is 1. The summed E-state index contributed by atoms with van der Waals surface area (Å²) in [5.41, 5.74) is 4.25. The van der Waals surface area contributed by atoms with Crippen molar-refractivity contribution in [1.29, 1.82) is 0 Å². The van der Waals surface area contributed by atoms with Gasteiger partial charge < -0.3 is 4.74 Å². The second-order valence-corrected chi connectivity index (χ2v) is 6.45. The molecular formula is C18H27NO2. The monoisotopic (exact) mass is 289 g/mol. The van der Waals surface area contributed by atoms with Crippen molar-refractivity contribution in [1.82, 2.24) is 4.90 Å². The lowest BCUT2D eigenvalue weighted by Crippen LogP contribution is -2.30. The van der Waals surface area contributed by atoms with Crippen LogP contribution in [0.4, 0.5) is 0 Å². The fourth-order valence-electron chi connectivity index (χ4n) is 2.78. The molecule has 0 saturated heterocycles. The summed E-state index contributed by atoms with van der Waals surface area (Å²) in [7, 11) is 1.98. The van der Waals surface area contributed by atoms with Crippen LogP contribution < -0.4 is 0 Å². The van der Waals surface area contributed by atoms with Gasteiger partial charge in [-0.25, -0.2) is 0 Å². The zero-order valence-electron chi connectivity index (χ0n) is 13.7. The summed E-state index contributed by atoms with van der Waals surface area (Å²) < 4.78 is 5.63. The van der Waals surface area contributed by atoms with Crippen LogP contribution in [0, 0.1) is 26.7 Å². The summed E-state index contributed by atoms with van der Waals surface area (Å²) in [5.74, 6) is 1.00. The van der Waals surface area contributed by atoms with Gasteiger partial charge in [0.05, 0.1) is 13.2 Å². The van der Waals surface area contributed by atoms with Gasteiger partial charge in [-0.15, -0.1) is 0 Å². The summed E-state index contributed by atoms with van der Waals surface area (Å²) in [6.07, 6.45) is 2.64. The highest BCUT2D eigenvalue weighted by Crippen LogP contribution is 2.28. The van der Waals surface area contributed by atoms with E-state index >= 15 is 0 Å². The lowest BCUT2D eigenvalue weighted by Gasteiger charge is -2.17. The molecule has 0 unspecified atom stereocenters. The third kappa shape index (κ3) is 4.94. The Labute approximate surface area is 128 Å². The molecule has 0 heterocycles. The van der Waals surface area contributed by atoms with Crippen molar-refractivity contribution in [2.24, 2.45) is 5.92 Å². The minimum atomic E-state index is 0.203. The molecule has 0 atom stereocenters. The normalized spacial score (nSPS) is 14.7. The van der Waals surface area contributed by atoms with Gasteiger partial charge in [-0.2, -0.15) is 0 Å². The van der Waals surface area contributed by atoms with Gasteiger partial charge in [0, 0.05) is 18.7 Å². The molecule has 116 valence electrons. The van der Waals surface area contributed by atoms with Crippen LogP contribution in [0.15, 0.2) is 12.1 Å². The van der Waals surface area contributed by atoms with Crippen molar-refractivity contribution in [3.05, 3.63) is 34.4 Å². The molecular weight excluding hydrogens is 262 g/mol. The minimum absolute atomic E-state index is 0.203. The summed E-state index contributed by atoms with van der Waals surface area (Å²) in [5, 5.41) is 0. The molecule has 3 nitrogen and oxygen atoms in total. The lowest BCUT2D eigenvalue weighted by atomic mass is 9.96.